The molecule has 0 heterocycles. The fourth-order valence-corrected chi connectivity index (χ4v) is 3.47. The second-order valence-electron chi connectivity index (χ2n) is 7.26. The fraction of sp³-hybridized carbons (Fsp3) is 0.143. The Morgan fingerprint density at radius 1 is 0.471 bits per heavy atom. The standard InChI is InChI=1S/C21H9BF12/c1-8-12(23)2-9(3-13(8)24)22(10-4-14(25)18(15(26)5-10)20(29,30)31)11-6-16(27)19(17(28)7-11)21(32,33)34/h2-7H,1H3. The Bertz CT molecular complexity index is 1120. The van der Waals surface area contributed by atoms with Gasteiger partial charge in [-0.3, -0.25) is 0 Å². The van der Waals surface area contributed by atoms with Crippen LogP contribution < -0.4 is 16.4 Å². The van der Waals surface area contributed by atoms with E-state index >= 15 is 0 Å². The summed E-state index contributed by atoms with van der Waals surface area (Å²) < 4.78 is 163. The van der Waals surface area contributed by atoms with Crippen LogP contribution >= 0.6 is 0 Å². The van der Waals surface area contributed by atoms with Gasteiger partial charge in [0.2, 0.25) is 6.71 Å². The maximum Gasteiger partial charge on any atom is 0.422 e. The van der Waals surface area contributed by atoms with Gasteiger partial charge in [0, 0.05) is 5.56 Å². The van der Waals surface area contributed by atoms with Crippen molar-refractivity contribution in [3.05, 3.63) is 88.0 Å². The van der Waals surface area contributed by atoms with E-state index in [1.54, 1.807) is 0 Å². The summed E-state index contributed by atoms with van der Waals surface area (Å²) in [6, 6.07) is 1.59. The van der Waals surface area contributed by atoms with E-state index in [2.05, 4.69) is 0 Å². The van der Waals surface area contributed by atoms with E-state index in [4.69, 9.17) is 0 Å². The minimum atomic E-state index is -5.48. The van der Waals surface area contributed by atoms with Crippen LogP contribution in [0.4, 0.5) is 52.7 Å². The van der Waals surface area contributed by atoms with Crippen molar-refractivity contribution in [3.63, 3.8) is 0 Å². The first-order valence-corrected chi connectivity index (χ1v) is 9.10. The molecule has 0 aliphatic carbocycles. The van der Waals surface area contributed by atoms with Crippen molar-refractivity contribution >= 4 is 23.1 Å². The van der Waals surface area contributed by atoms with E-state index in [1.807, 2.05) is 0 Å². The lowest BCUT2D eigenvalue weighted by molar-refractivity contribution is -0.143. The van der Waals surface area contributed by atoms with E-state index in [1.165, 1.54) is 0 Å². The summed E-state index contributed by atoms with van der Waals surface area (Å²) in [6.07, 6.45) is -11.0. The lowest BCUT2D eigenvalue weighted by Gasteiger charge is -2.20. The molecule has 0 aliphatic heterocycles. The second-order valence-corrected chi connectivity index (χ2v) is 7.26. The van der Waals surface area contributed by atoms with Crippen molar-refractivity contribution in [3.8, 4) is 0 Å². The van der Waals surface area contributed by atoms with Crippen LogP contribution in [0.25, 0.3) is 0 Å². The van der Waals surface area contributed by atoms with Crippen molar-refractivity contribution in [1.29, 1.82) is 0 Å². The van der Waals surface area contributed by atoms with Gasteiger partial charge in [0.1, 0.15) is 46.0 Å². The third-order valence-corrected chi connectivity index (χ3v) is 5.00. The molecule has 0 fully saturated rings. The van der Waals surface area contributed by atoms with E-state index in [0.29, 0.717) is 12.1 Å². The number of rotatable bonds is 3. The van der Waals surface area contributed by atoms with Crippen LogP contribution in [0, 0.1) is 41.8 Å². The van der Waals surface area contributed by atoms with E-state index in [9.17, 15) is 52.7 Å². The molecule has 34 heavy (non-hydrogen) atoms. The third-order valence-electron chi connectivity index (χ3n) is 5.00. The van der Waals surface area contributed by atoms with E-state index in [0.717, 1.165) is 6.92 Å². The van der Waals surface area contributed by atoms with Crippen molar-refractivity contribution in [2.75, 3.05) is 0 Å². The summed E-state index contributed by atoms with van der Waals surface area (Å²) in [4.78, 5) is 0. The van der Waals surface area contributed by atoms with Gasteiger partial charge in [-0.15, -0.1) is 0 Å². The van der Waals surface area contributed by atoms with Crippen LogP contribution in [-0.2, 0) is 12.4 Å². The van der Waals surface area contributed by atoms with Gasteiger partial charge in [-0.05, 0) is 43.3 Å². The number of hydrogen-bond acceptors (Lipinski definition) is 0. The smallest absolute Gasteiger partial charge is 0.207 e. The average Bonchev–Trinajstić information content (AvgIpc) is 2.62. The zero-order valence-electron chi connectivity index (χ0n) is 16.6. The Morgan fingerprint density at radius 3 is 0.941 bits per heavy atom. The summed E-state index contributed by atoms with van der Waals surface area (Å²) in [5, 5.41) is 0. The molecule has 0 nitrogen and oxygen atoms in total. The molecule has 0 saturated heterocycles. The summed E-state index contributed by atoms with van der Waals surface area (Å²) >= 11 is 0. The molecule has 0 aliphatic rings. The fourth-order valence-electron chi connectivity index (χ4n) is 3.47. The SMILES string of the molecule is Cc1c(F)cc(B(c2cc(F)c(C(F)(F)F)c(F)c2)c2cc(F)c(C(F)(F)F)c(F)c2)cc1F. The van der Waals surface area contributed by atoms with E-state index < -0.39 is 87.0 Å². The highest BCUT2D eigenvalue weighted by atomic mass is 19.4. The van der Waals surface area contributed by atoms with Crippen LogP contribution in [0.3, 0.4) is 0 Å². The third kappa shape index (κ3) is 4.73. The molecule has 0 N–H and O–H groups in total. The quantitative estimate of drug-likeness (QED) is 0.335. The molecule has 0 bridgehead atoms. The number of alkyl halides is 6. The van der Waals surface area contributed by atoms with Gasteiger partial charge in [-0.2, -0.15) is 26.3 Å². The molecule has 0 atom stereocenters. The second kappa shape index (κ2) is 8.59. The minimum Gasteiger partial charge on any atom is -0.207 e. The van der Waals surface area contributed by atoms with Crippen LogP contribution in [0.2, 0.25) is 0 Å². The van der Waals surface area contributed by atoms with Crippen molar-refractivity contribution in [1.82, 2.24) is 0 Å². The van der Waals surface area contributed by atoms with Gasteiger partial charge in [0.25, 0.3) is 0 Å². The zero-order valence-corrected chi connectivity index (χ0v) is 16.6. The Labute approximate surface area is 183 Å². The highest BCUT2D eigenvalue weighted by Gasteiger charge is 2.41. The van der Waals surface area contributed by atoms with Gasteiger partial charge in [0.15, 0.2) is 0 Å². The number of hydrogen-bond donors (Lipinski definition) is 0. The molecule has 13 heteroatoms. The highest BCUT2D eigenvalue weighted by Crippen LogP contribution is 2.34. The van der Waals surface area contributed by atoms with Crippen LogP contribution in [0.15, 0.2) is 36.4 Å². The Balaban J connectivity index is 2.34. The number of halogens is 12. The van der Waals surface area contributed by atoms with Gasteiger partial charge in [-0.25, -0.2) is 26.3 Å². The predicted octanol–water partition coefficient (Wildman–Crippen LogP) is 5.38. The van der Waals surface area contributed by atoms with Crippen LogP contribution in [-0.4, -0.2) is 6.71 Å². The molecule has 0 saturated carbocycles. The van der Waals surface area contributed by atoms with Crippen molar-refractivity contribution in [2.45, 2.75) is 19.3 Å². The summed E-state index contributed by atoms with van der Waals surface area (Å²) in [5.74, 6) is -11.1. The molecule has 3 aromatic rings. The van der Waals surface area contributed by atoms with Crippen molar-refractivity contribution in [2.24, 2.45) is 0 Å². The summed E-state index contributed by atoms with van der Waals surface area (Å²) in [6.45, 7) is -0.958. The Morgan fingerprint density at radius 2 is 0.706 bits per heavy atom. The molecule has 3 rings (SSSR count). The normalized spacial score (nSPS) is 12.3. The highest BCUT2D eigenvalue weighted by molar-refractivity contribution is 6.95. The monoisotopic (exact) mass is 500 g/mol. The Kier molecular flexibility index (Phi) is 6.44. The van der Waals surface area contributed by atoms with Gasteiger partial charge in [-0.1, -0.05) is 16.4 Å². The maximum absolute atomic E-state index is 14.2. The topological polar surface area (TPSA) is 0 Å². The molecule has 0 aromatic heterocycles. The molecule has 0 amide bonds. The minimum absolute atomic E-state index is 0.111. The molecule has 3 aromatic carbocycles. The molecule has 0 spiro atoms. The summed E-state index contributed by atoms with van der Waals surface area (Å²) in [5.41, 5.74) is -7.33. The average molecular weight is 500 g/mol. The lowest BCUT2D eigenvalue weighted by atomic mass is 9.36. The molecule has 180 valence electrons. The zero-order chi connectivity index (χ0) is 25.7. The molecular formula is C21H9BF12. The first-order valence-electron chi connectivity index (χ1n) is 9.10. The maximum atomic E-state index is 14.2. The van der Waals surface area contributed by atoms with Gasteiger partial charge >= 0.3 is 12.4 Å². The predicted molar refractivity (Wildman–Crippen MR) is 98.5 cm³/mol. The van der Waals surface area contributed by atoms with Gasteiger partial charge in [0.05, 0.1) is 0 Å². The first kappa shape index (κ1) is 25.5. The first-order chi connectivity index (χ1) is 15.5. The molecule has 0 radical (unpaired) electrons. The van der Waals surface area contributed by atoms with Gasteiger partial charge < -0.3 is 0 Å². The largest absolute Gasteiger partial charge is 0.422 e. The van der Waals surface area contributed by atoms with Crippen molar-refractivity contribution < 1.29 is 52.7 Å². The van der Waals surface area contributed by atoms with E-state index in [-0.39, 0.29) is 24.3 Å². The van der Waals surface area contributed by atoms with Crippen LogP contribution in [0.1, 0.15) is 16.7 Å². The molecule has 0 unspecified atom stereocenters. The summed E-state index contributed by atoms with van der Waals surface area (Å²) in [7, 11) is 0. The lowest BCUT2D eigenvalue weighted by Crippen LogP contribution is -2.53. The molecular weight excluding hydrogens is 491 g/mol. The Hall–Kier alpha value is -3.12. The number of benzene rings is 3. The van der Waals surface area contributed by atoms with Crippen LogP contribution in [0.5, 0.6) is 0 Å².